The Morgan fingerprint density at radius 2 is 1.81 bits per heavy atom. The highest BCUT2D eigenvalue weighted by atomic mass is 16.2. The van der Waals surface area contributed by atoms with E-state index in [0.717, 1.165) is 24.4 Å². The Morgan fingerprint density at radius 3 is 2.38 bits per heavy atom. The van der Waals surface area contributed by atoms with E-state index in [0.29, 0.717) is 6.04 Å². The highest BCUT2D eigenvalue weighted by Gasteiger charge is 2.45. The van der Waals surface area contributed by atoms with Gasteiger partial charge in [-0.3, -0.25) is 24.7 Å². The zero-order valence-electron chi connectivity index (χ0n) is 8.81. The standard InChI is InChI=1S/C10H13N3O3/c14-8-9(15)13(10(16)11-8)7-3-4-12(5-7)6-1-2-6/h6-7H,1-5H2,(H,11,14,16). The van der Waals surface area contributed by atoms with Gasteiger partial charge in [0.1, 0.15) is 0 Å². The maximum absolute atomic E-state index is 11.5. The first-order chi connectivity index (χ1) is 7.66. The molecule has 1 saturated carbocycles. The number of rotatable bonds is 2. The van der Waals surface area contributed by atoms with Crippen LogP contribution in [0.3, 0.4) is 0 Å². The predicted molar refractivity (Wildman–Crippen MR) is 53.4 cm³/mol. The van der Waals surface area contributed by atoms with Crippen molar-refractivity contribution in [2.45, 2.75) is 31.3 Å². The molecule has 2 saturated heterocycles. The first-order valence-electron chi connectivity index (χ1n) is 5.59. The molecule has 16 heavy (non-hydrogen) atoms. The van der Waals surface area contributed by atoms with Crippen LogP contribution in [0.5, 0.6) is 0 Å². The zero-order chi connectivity index (χ0) is 11.3. The van der Waals surface area contributed by atoms with E-state index in [9.17, 15) is 14.4 Å². The molecule has 86 valence electrons. The summed E-state index contributed by atoms with van der Waals surface area (Å²) < 4.78 is 0. The summed E-state index contributed by atoms with van der Waals surface area (Å²) in [5, 5.41) is 2.03. The molecule has 6 nitrogen and oxygen atoms in total. The monoisotopic (exact) mass is 223 g/mol. The van der Waals surface area contributed by atoms with Gasteiger partial charge in [-0.1, -0.05) is 0 Å². The highest BCUT2D eigenvalue weighted by molar-refractivity contribution is 6.44. The number of hydrogen-bond acceptors (Lipinski definition) is 4. The van der Waals surface area contributed by atoms with Crippen LogP contribution in [-0.4, -0.2) is 52.8 Å². The molecule has 0 aromatic rings. The van der Waals surface area contributed by atoms with E-state index in [1.165, 1.54) is 12.8 Å². The first kappa shape index (κ1) is 9.77. The molecule has 1 N–H and O–H groups in total. The van der Waals surface area contributed by atoms with Crippen LogP contribution in [0.2, 0.25) is 0 Å². The quantitative estimate of drug-likeness (QED) is 0.496. The van der Waals surface area contributed by atoms with Gasteiger partial charge in [-0.05, 0) is 19.3 Å². The Morgan fingerprint density at radius 1 is 1.06 bits per heavy atom. The molecule has 3 rings (SSSR count). The smallest absolute Gasteiger partial charge is 0.298 e. The van der Waals surface area contributed by atoms with Crippen molar-refractivity contribution >= 4 is 17.8 Å². The minimum Gasteiger partial charge on any atom is -0.298 e. The van der Waals surface area contributed by atoms with Crippen molar-refractivity contribution in [1.29, 1.82) is 0 Å². The molecular weight excluding hydrogens is 210 g/mol. The second-order valence-electron chi connectivity index (χ2n) is 4.60. The van der Waals surface area contributed by atoms with Gasteiger partial charge in [0.25, 0.3) is 0 Å². The minimum absolute atomic E-state index is 0.125. The van der Waals surface area contributed by atoms with Gasteiger partial charge >= 0.3 is 17.8 Å². The molecule has 0 spiro atoms. The number of amides is 4. The van der Waals surface area contributed by atoms with E-state index >= 15 is 0 Å². The molecular formula is C10H13N3O3. The largest absolute Gasteiger partial charge is 0.331 e. The van der Waals surface area contributed by atoms with Crippen LogP contribution in [0.15, 0.2) is 0 Å². The summed E-state index contributed by atoms with van der Waals surface area (Å²) in [5.41, 5.74) is 0. The molecule has 3 aliphatic rings. The molecule has 0 aromatic heterocycles. The molecule has 1 atom stereocenters. The Balaban J connectivity index is 1.71. The van der Waals surface area contributed by atoms with Crippen molar-refractivity contribution < 1.29 is 14.4 Å². The summed E-state index contributed by atoms with van der Waals surface area (Å²) in [4.78, 5) is 37.3. The number of carbonyl (C=O) groups excluding carboxylic acids is 3. The average Bonchev–Trinajstić information content (AvgIpc) is 2.93. The Kier molecular flexibility index (Phi) is 2.00. The normalized spacial score (nSPS) is 31.4. The van der Waals surface area contributed by atoms with Crippen LogP contribution < -0.4 is 5.32 Å². The highest BCUT2D eigenvalue weighted by Crippen LogP contribution is 2.31. The van der Waals surface area contributed by atoms with Gasteiger partial charge in [-0.15, -0.1) is 0 Å². The maximum Gasteiger partial charge on any atom is 0.331 e. The number of nitrogens with zero attached hydrogens (tertiary/aromatic N) is 2. The number of likely N-dealkylation sites (tertiary alicyclic amines) is 1. The average molecular weight is 223 g/mol. The third-order valence-corrected chi connectivity index (χ3v) is 3.48. The van der Waals surface area contributed by atoms with Crippen molar-refractivity contribution in [1.82, 2.24) is 15.1 Å². The molecule has 1 unspecified atom stereocenters. The van der Waals surface area contributed by atoms with Crippen LogP contribution >= 0.6 is 0 Å². The van der Waals surface area contributed by atoms with Gasteiger partial charge in [0.05, 0.1) is 6.04 Å². The van der Waals surface area contributed by atoms with Crippen LogP contribution in [-0.2, 0) is 9.59 Å². The Labute approximate surface area is 92.6 Å². The lowest BCUT2D eigenvalue weighted by atomic mass is 10.2. The van der Waals surface area contributed by atoms with Crippen molar-refractivity contribution in [3.05, 3.63) is 0 Å². The molecule has 0 bridgehead atoms. The van der Waals surface area contributed by atoms with Crippen LogP contribution in [0.25, 0.3) is 0 Å². The summed E-state index contributed by atoms with van der Waals surface area (Å²) in [7, 11) is 0. The van der Waals surface area contributed by atoms with Gasteiger partial charge in [0, 0.05) is 19.1 Å². The summed E-state index contributed by atoms with van der Waals surface area (Å²) >= 11 is 0. The van der Waals surface area contributed by atoms with E-state index in [-0.39, 0.29) is 6.04 Å². The Bertz CT molecular complexity index is 378. The third kappa shape index (κ3) is 1.41. The minimum atomic E-state index is -0.796. The summed E-state index contributed by atoms with van der Waals surface area (Å²) in [5.74, 6) is -1.50. The fraction of sp³-hybridized carbons (Fsp3) is 0.700. The molecule has 1 aliphatic carbocycles. The van der Waals surface area contributed by atoms with Gasteiger partial charge in [-0.2, -0.15) is 0 Å². The van der Waals surface area contributed by atoms with Crippen molar-refractivity contribution in [2.75, 3.05) is 13.1 Å². The summed E-state index contributed by atoms with van der Waals surface area (Å²) in [6.45, 7) is 1.64. The molecule has 0 aromatic carbocycles. The second-order valence-corrected chi connectivity index (χ2v) is 4.60. The van der Waals surface area contributed by atoms with E-state index in [2.05, 4.69) is 4.90 Å². The maximum atomic E-state index is 11.5. The predicted octanol–water partition coefficient (Wildman–Crippen LogP) is -0.699. The van der Waals surface area contributed by atoms with Crippen LogP contribution in [0.4, 0.5) is 4.79 Å². The number of nitrogens with one attached hydrogen (secondary N) is 1. The third-order valence-electron chi connectivity index (χ3n) is 3.48. The molecule has 2 heterocycles. The van der Waals surface area contributed by atoms with Gasteiger partial charge in [0.15, 0.2) is 0 Å². The summed E-state index contributed by atoms with van der Waals surface area (Å²) in [6.07, 6.45) is 3.21. The fourth-order valence-electron chi connectivity index (χ4n) is 2.49. The fourth-order valence-corrected chi connectivity index (χ4v) is 2.49. The molecule has 2 aliphatic heterocycles. The number of hydrogen-bond donors (Lipinski definition) is 1. The van der Waals surface area contributed by atoms with Gasteiger partial charge in [-0.25, -0.2) is 4.79 Å². The zero-order valence-corrected chi connectivity index (χ0v) is 8.81. The van der Waals surface area contributed by atoms with Crippen LogP contribution in [0, 0.1) is 0 Å². The van der Waals surface area contributed by atoms with Gasteiger partial charge < -0.3 is 0 Å². The van der Waals surface area contributed by atoms with Gasteiger partial charge in [0.2, 0.25) is 0 Å². The number of carbonyl (C=O) groups is 3. The molecule has 4 amide bonds. The topological polar surface area (TPSA) is 69.7 Å². The number of imide groups is 2. The summed E-state index contributed by atoms with van der Waals surface area (Å²) in [6, 6.07) is -0.0429. The van der Waals surface area contributed by atoms with E-state index in [1.807, 2.05) is 5.32 Å². The van der Waals surface area contributed by atoms with Crippen molar-refractivity contribution in [2.24, 2.45) is 0 Å². The van der Waals surface area contributed by atoms with Crippen LogP contribution in [0.1, 0.15) is 19.3 Å². The molecule has 3 fully saturated rings. The van der Waals surface area contributed by atoms with Crippen molar-refractivity contribution in [3.63, 3.8) is 0 Å². The lowest BCUT2D eigenvalue weighted by Gasteiger charge is -2.20. The van der Waals surface area contributed by atoms with E-state index in [1.54, 1.807) is 0 Å². The lowest BCUT2D eigenvalue weighted by molar-refractivity contribution is -0.141. The second kappa shape index (κ2) is 3.28. The Hall–Kier alpha value is -1.43. The SMILES string of the molecule is O=C1NC(=O)N(C2CCN(C3CC3)C2)C1=O. The molecule has 0 radical (unpaired) electrons. The molecule has 6 heteroatoms. The van der Waals surface area contributed by atoms with Crippen molar-refractivity contribution in [3.8, 4) is 0 Å². The number of urea groups is 1. The lowest BCUT2D eigenvalue weighted by Crippen LogP contribution is -2.42. The first-order valence-corrected chi connectivity index (χ1v) is 5.59. The van der Waals surface area contributed by atoms with E-state index in [4.69, 9.17) is 0 Å². The van der Waals surface area contributed by atoms with E-state index < -0.39 is 17.8 Å².